The number of benzene rings is 2. The van der Waals surface area contributed by atoms with Gasteiger partial charge in [-0.25, -0.2) is 4.39 Å². The summed E-state index contributed by atoms with van der Waals surface area (Å²) in [5, 5.41) is 0. The van der Waals surface area contributed by atoms with E-state index in [1.807, 2.05) is 30.3 Å². The number of halogens is 1. The van der Waals surface area contributed by atoms with Crippen LogP contribution in [0, 0.1) is 5.82 Å². The first kappa shape index (κ1) is 21.0. The van der Waals surface area contributed by atoms with Crippen molar-refractivity contribution in [3.8, 4) is 0 Å². The average molecular weight is 397 g/mol. The molecular formula is C23H28FN3O2. The summed E-state index contributed by atoms with van der Waals surface area (Å²) in [5.41, 5.74) is 1.65. The average Bonchev–Trinajstić information content (AvgIpc) is 2.71. The fourth-order valence-electron chi connectivity index (χ4n) is 3.97. The molecule has 6 heteroatoms. The normalized spacial score (nSPS) is 15.1. The minimum absolute atomic E-state index is 0.0260. The highest BCUT2D eigenvalue weighted by Gasteiger charge is 2.27. The second-order valence-corrected chi connectivity index (χ2v) is 7.44. The Balaban J connectivity index is 1.57. The van der Waals surface area contributed by atoms with E-state index >= 15 is 0 Å². The molecule has 29 heavy (non-hydrogen) atoms. The highest BCUT2D eigenvalue weighted by atomic mass is 19.1. The van der Waals surface area contributed by atoms with E-state index in [9.17, 15) is 14.0 Å². The van der Waals surface area contributed by atoms with Crippen molar-refractivity contribution in [3.63, 3.8) is 0 Å². The predicted molar refractivity (Wildman–Crippen MR) is 113 cm³/mol. The summed E-state index contributed by atoms with van der Waals surface area (Å²) in [6.07, 6.45) is 1.70. The van der Waals surface area contributed by atoms with Gasteiger partial charge in [-0.2, -0.15) is 0 Å². The lowest BCUT2D eigenvalue weighted by Gasteiger charge is -2.38. The number of carbonyl (C=O) groups excluding carboxylic acids is 2. The molecule has 3 rings (SSSR count). The van der Waals surface area contributed by atoms with Crippen LogP contribution in [0.25, 0.3) is 0 Å². The van der Waals surface area contributed by atoms with Crippen LogP contribution in [0.2, 0.25) is 0 Å². The van der Waals surface area contributed by atoms with Crippen LogP contribution in [0.4, 0.5) is 15.8 Å². The van der Waals surface area contributed by atoms with Crippen molar-refractivity contribution in [1.82, 2.24) is 4.90 Å². The third-order valence-electron chi connectivity index (χ3n) is 5.45. The third kappa shape index (κ3) is 5.41. The molecule has 1 heterocycles. The summed E-state index contributed by atoms with van der Waals surface area (Å²) in [6, 6.07) is 15.9. The minimum Gasteiger partial charge on any atom is -0.311 e. The Morgan fingerprint density at radius 3 is 2.10 bits per heavy atom. The Kier molecular flexibility index (Phi) is 6.99. The van der Waals surface area contributed by atoms with Crippen molar-refractivity contribution in [2.75, 3.05) is 36.0 Å². The molecule has 0 saturated carbocycles. The highest BCUT2D eigenvalue weighted by Crippen LogP contribution is 2.24. The van der Waals surface area contributed by atoms with Gasteiger partial charge in [-0.3, -0.25) is 9.59 Å². The van der Waals surface area contributed by atoms with Crippen LogP contribution in [0.5, 0.6) is 0 Å². The van der Waals surface area contributed by atoms with Crippen molar-refractivity contribution >= 4 is 23.2 Å². The number of carbonyl (C=O) groups is 2. The van der Waals surface area contributed by atoms with Crippen LogP contribution in [-0.4, -0.2) is 48.9 Å². The molecule has 0 bridgehead atoms. The summed E-state index contributed by atoms with van der Waals surface area (Å²) in [4.78, 5) is 30.2. The molecular weight excluding hydrogens is 369 g/mol. The fraction of sp³-hybridized carbons (Fsp3) is 0.391. The Labute approximate surface area is 171 Å². The number of para-hydroxylation sites is 1. The number of hydrogen-bond donors (Lipinski definition) is 0. The first-order valence-corrected chi connectivity index (χ1v) is 10.1. The van der Waals surface area contributed by atoms with Gasteiger partial charge in [-0.1, -0.05) is 18.2 Å². The molecule has 0 aromatic heterocycles. The van der Waals surface area contributed by atoms with E-state index in [1.165, 1.54) is 12.1 Å². The Morgan fingerprint density at radius 1 is 0.931 bits per heavy atom. The monoisotopic (exact) mass is 397 g/mol. The molecule has 0 aliphatic carbocycles. The summed E-state index contributed by atoms with van der Waals surface area (Å²) >= 11 is 0. The molecule has 1 fully saturated rings. The Bertz CT molecular complexity index is 818. The first-order chi connectivity index (χ1) is 14.0. The zero-order chi connectivity index (χ0) is 20.8. The number of nitrogens with zero attached hydrogens (tertiary/aromatic N) is 3. The fourth-order valence-corrected chi connectivity index (χ4v) is 3.97. The standard InChI is InChI=1S/C23H28FN3O2/c1-18(28)26(21-6-4-3-5-7-21)17-16-25-14-12-23(13-15-25)27(19(2)29)22-10-8-20(24)9-11-22/h3-11,23H,12-17H2,1-2H3. The van der Waals surface area contributed by atoms with Crippen LogP contribution >= 0.6 is 0 Å². The maximum absolute atomic E-state index is 13.2. The van der Waals surface area contributed by atoms with E-state index in [2.05, 4.69) is 4.90 Å². The number of piperidine rings is 1. The number of hydrogen-bond acceptors (Lipinski definition) is 3. The molecule has 0 unspecified atom stereocenters. The molecule has 0 spiro atoms. The topological polar surface area (TPSA) is 43.9 Å². The van der Waals surface area contributed by atoms with Gasteiger partial charge in [0.05, 0.1) is 0 Å². The second-order valence-electron chi connectivity index (χ2n) is 7.44. The molecule has 0 atom stereocenters. The molecule has 2 amide bonds. The smallest absolute Gasteiger partial charge is 0.224 e. The van der Waals surface area contributed by atoms with Gasteiger partial charge in [0.1, 0.15) is 5.82 Å². The van der Waals surface area contributed by atoms with Gasteiger partial charge in [-0.15, -0.1) is 0 Å². The summed E-state index contributed by atoms with van der Waals surface area (Å²) in [6.45, 7) is 6.29. The Hall–Kier alpha value is -2.73. The van der Waals surface area contributed by atoms with Crippen molar-refractivity contribution in [2.24, 2.45) is 0 Å². The van der Waals surface area contributed by atoms with E-state index in [0.717, 1.165) is 43.9 Å². The molecule has 1 saturated heterocycles. The second kappa shape index (κ2) is 9.65. The first-order valence-electron chi connectivity index (χ1n) is 10.1. The third-order valence-corrected chi connectivity index (χ3v) is 5.45. The SMILES string of the molecule is CC(=O)N(CCN1CCC(N(C(C)=O)c2ccc(F)cc2)CC1)c1ccccc1. The van der Waals surface area contributed by atoms with Crippen LogP contribution in [0.1, 0.15) is 26.7 Å². The van der Waals surface area contributed by atoms with E-state index < -0.39 is 0 Å². The molecule has 0 radical (unpaired) electrons. The molecule has 1 aliphatic rings. The molecule has 154 valence electrons. The van der Waals surface area contributed by atoms with Gasteiger partial charge < -0.3 is 14.7 Å². The maximum Gasteiger partial charge on any atom is 0.224 e. The van der Waals surface area contributed by atoms with E-state index in [4.69, 9.17) is 0 Å². The van der Waals surface area contributed by atoms with E-state index in [1.54, 1.807) is 35.8 Å². The largest absolute Gasteiger partial charge is 0.311 e. The van der Waals surface area contributed by atoms with Gasteiger partial charge in [0.2, 0.25) is 11.8 Å². The zero-order valence-electron chi connectivity index (χ0n) is 17.1. The molecule has 1 aliphatic heterocycles. The highest BCUT2D eigenvalue weighted by molar-refractivity contribution is 5.92. The van der Waals surface area contributed by atoms with Crippen molar-refractivity contribution in [1.29, 1.82) is 0 Å². The lowest BCUT2D eigenvalue weighted by molar-refractivity contribution is -0.118. The lowest BCUT2D eigenvalue weighted by atomic mass is 10.0. The van der Waals surface area contributed by atoms with E-state index in [-0.39, 0.29) is 23.7 Å². The van der Waals surface area contributed by atoms with Crippen molar-refractivity contribution in [3.05, 3.63) is 60.4 Å². The van der Waals surface area contributed by atoms with Crippen molar-refractivity contribution in [2.45, 2.75) is 32.7 Å². The summed E-state index contributed by atoms with van der Waals surface area (Å²) < 4.78 is 13.2. The number of amides is 2. The molecule has 2 aromatic rings. The van der Waals surface area contributed by atoms with E-state index in [0.29, 0.717) is 6.54 Å². The minimum atomic E-state index is -0.305. The number of rotatable bonds is 6. The van der Waals surface area contributed by atoms with Crippen LogP contribution < -0.4 is 9.80 Å². The lowest BCUT2D eigenvalue weighted by Crippen LogP contribution is -2.48. The molecule has 0 N–H and O–H groups in total. The van der Waals surface area contributed by atoms with Crippen LogP contribution in [0.3, 0.4) is 0 Å². The van der Waals surface area contributed by atoms with Gasteiger partial charge in [-0.05, 0) is 49.2 Å². The van der Waals surface area contributed by atoms with Gasteiger partial charge in [0.15, 0.2) is 0 Å². The molecule has 2 aromatic carbocycles. The summed E-state index contributed by atoms with van der Waals surface area (Å²) in [5.74, 6) is -0.299. The van der Waals surface area contributed by atoms with Gasteiger partial charge >= 0.3 is 0 Å². The Morgan fingerprint density at radius 2 is 1.55 bits per heavy atom. The predicted octanol–water partition coefficient (Wildman–Crippen LogP) is 3.70. The van der Waals surface area contributed by atoms with Crippen LogP contribution in [-0.2, 0) is 9.59 Å². The van der Waals surface area contributed by atoms with Crippen LogP contribution in [0.15, 0.2) is 54.6 Å². The quantitative estimate of drug-likeness (QED) is 0.747. The maximum atomic E-state index is 13.2. The number of likely N-dealkylation sites (tertiary alicyclic amines) is 1. The van der Waals surface area contributed by atoms with Crippen molar-refractivity contribution < 1.29 is 14.0 Å². The van der Waals surface area contributed by atoms with Gasteiger partial charge in [0, 0.05) is 57.4 Å². The summed E-state index contributed by atoms with van der Waals surface area (Å²) in [7, 11) is 0. The van der Waals surface area contributed by atoms with Gasteiger partial charge in [0.25, 0.3) is 0 Å². The zero-order valence-corrected chi connectivity index (χ0v) is 17.1. The molecule has 5 nitrogen and oxygen atoms in total. The number of anilines is 2.